The smallest absolute Gasteiger partial charge is 0.234 e. The molecule has 0 spiro atoms. The first-order valence-corrected chi connectivity index (χ1v) is 7.95. The summed E-state index contributed by atoms with van der Waals surface area (Å²) in [6.45, 7) is 6.13. The third kappa shape index (κ3) is 5.76. The van der Waals surface area contributed by atoms with Gasteiger partial charge >= 0.3 is 0 Å². The number of rotatable bonds is 7. The van der Waals surface area contributed by atoms with Crippen LogP contribution in [0.15, 0.2) is 30.3 Å². The average molecular weight is 290 g/mol. The lowest BCUT2D eigenvalue weighted by molar-refractivity contribution is -0.122. The number of hydrogen-bond acceptors (Lipinski definition) is 3. The summed E-state index contributed by atoms with van der Waals surface area (Å²) in [5.74, 6) is 1.69. The van der Waals surface area contributed by atoms with Crippen LogP contribution >= 0.6 is 0 Å². The summed E-state index contributed by atoms with van der Waals surface area (Å²) in [6.07, 6.45) is 3.20. The zero-order chi connectivity index (χ0) is 14.9. The Morgan fingerprint density at radius 3 is 2.67 bits per heavy atom. The number of likely N-dealkylation sites (tertiary alicyclic amines) is 1. The van der Waals surface area contributed by atoms with E-state index in [9.17, 15) is 4.79 Å². The quantitative estimate of drug-likeness (QED) is 0.838. The molecule has 1 amide bonds. The maximum Gasteiger partial charge on any atom is 0.234 e. The van der Waals surface area contributed by atoms with E-state index in [1.54, 1.807) is 0 Å². The van der Waals surface area contributed by atoms with Crippen LogP contribution in [-0.2, 0) is 4.79 Å². The van der Waals surface area contributed by atoms with Crippen LogP contribution in [0.25, 0.3) is 0 Å². The van der Waals surface area contributed by atoms with Gasteiger partial charge < -0.3 is 10.1 Å². The van der Waals surface area contributed by atoms with Crippen molar-refractivity contribution in [2.24, 2.45) is 5.92 Å². The molecule has 2 rings (SSSR count). The molecule has 0 bridgehead atoms. The van der Waals surface area contributed by atoms with E-state index in [1.807, 2.05) is 30.3 Å². The highest BCUT2D eigenvalue weighted by Gasteiger charge is 2.21. The first-order valence-electron chi connectivity index (χ1n) is 7.95. The topological polar surface area (TPSA) is 41.6 Å². The fourth-order valence-corrected chi connectivity index (χ4v) is 2.57. The predicted molar refractivity (Wildman–Crippen MR) is 84.4 cm³/mol. The van der Waals surface area contributed by atoms with Crippen molar-refractivity contribution in [1.82, 2.24) is 10.2 Å². The number of carbonyl (C=O) groups excluding carboxylic acids is 1. The maximum absolute atomic E-state index is 11.7. The molecular formula is C17H26N2O2. The van der Waals surface area contributed by atoms with Crippen LogP contribution in [0.3, 0.4) is 0 Å². The molecule has 0 radical (unpaired) electrons. The molecule has 1 aliphatic rings. The maximum atomic E-state index is 11.7. The van der Waals surface area contributed by atoms with Crippen molar-refractivity contribution >= 4 is 5.91 Å². The van der Waals surface area contributed by atoms with Gasteiger partial charge in [-0.3, -0.25) is 9.69 Å². The number of benzene rings is 1. The lowest BCUT2D eigenvalue weighted by atomic mass is 9.98. The summed E-state index contributed by atoms with van der Waals surface area (Å²) in [5.41, 5.74) is 0. The van der Waals surface area contributed by atoms with Gasteiger partial charge in [0.2, 0.25) is 5.91 Å². The lowest BCUT2D eigenvalue weighted by Gasteiger charge is -2.31. The highest BCUT2D eigenvalue weighted by molar-refractivity contribution is 5.77. The average Bonchev–Trinajstić information content (AvgIpc) is 2.53. The van der Waals surface area contributed by atoms with Crippen molar-refractivity contribution in [3.63, 3.8) is 0 Å². The van der Waals surface area contributed by atoms with Gasteiger partial charge in [0.05, 0.1) is 13.2 Å². The van der Waals surface area contributed by atoms with Gasteiger partial charge in [0.15, 0.2) is 0 Å². The van der Waals surface area contributed by atoms with E-state index in [2.05, 4.69) is 17.1 Å². The van der Waals surface area contributed by atoms with Crippen LogP contribution < -0.4 is 10.1 Å². The molecule has 0 aromatic heterocycles. The SMILES string of the molecule is CCCNC(=O)CN1CCC(COc2ccccc2)CC1. The van der Waals surface area contributed by atoms with E-state index < -0.39 is 0 Å². The first kappa shape index (κ1) is 15.8. The largest absolute Gasteiger partial charge is 0.493 e. The van der Waals surface area contributed by atoms with Gasteiger partial charge in [-0.2, -0.15) is 0 Å². The van der Waals surface area contributed by atoms with Crippen LogP contribution in [0.1, 0.15) is 26.2 Å². The monoisotopic (exact) mass is 290 g/mol. The molecule has 1 aromatic carbocycles. The summed E-state index contributed by atoms with van der Waals surface area (Å²) in [4.78, 5) is 13.9. The molecule has 1 saturated heterocycles. The third-order valence-electron chi connectivity index (χ3n) is 3.88. The number of hydrogen-bond donors (Lipinski definition) is 1. The number of amides is 1. The van der Waals surface area contributed by atoms with Gasteiger partial charge in [0, 0.05) is 6.54 Å². The molecule has 1 fully saturated rings. The minimum absolute atomic E-state index is 0.149. The van der Waals surface area contributed by atoms with E-state index in [-0.39, 0.29) is 5.91 Å². The summed E-state index contributed by atoms with van der Waals surface area (Å²) >= 11 is 0. The highest BCUT2D eigenvalue weighted by Crippen LogP contribution is 2.19. The van der Waals surface area contributed by atoms with Crippen LogP contribution in [0.4, 0.5) is 0 Å². The molecule has 1 aromatic rings. The van der Waals surface area contributed by atoms with Crippen LogP contribution in [-0.4, -0.2) is 43.6 Å². The van der Waals surface area contributed by atoms with Crippen molar-refractivity contribution < 1.29 is 9.53 Å². The van der Waals surface area contributed by atoms with Crippen LogP contribution in [0.2, 0.25) is 0 Å². The van der Waals surface area contributed by atoms with Gasteiger partial charge in [-0.05, 0) is 50.4 Å². The van der Waals surface area contributed by atoms with Gasteiger partial charge in [-0.25, -0.2) is 0 Å². The van der Waals surface area contributed by atoms with E-state index in [1.165, 1.54) is 0 Å². The van der Waals surface area contributed by atoms with Crippen molar-refractivity contribution in [3.05, 3.63) is 30.3 Å². The Hall–Kier alpha value is -1.55. The van der Waals surface area contributed by atoms with Crippen molar-refractivity contribution in [2.75, 3.05) is 32.8 Å². The number of para-hydroxylation sites is 1. The normalized spacial score (nSPS) is 16.6. The fourth-order valence-electron chi connectivity index (χ4n) is 2.57. The van der Waals surface area contributed by atoms with E-state index in [0.717, 1.165) is 51.3 Å². The molecule has 1 heterocycles. The Bertz CT molecular complexity index is 414. The lowest BCUT2D eigenvalue weighted by Crippen LogP contribution is -2.42. The molecule has 0 aliphatic carbocycles. The van der Waals surface area contributed by atoms with Crippen molar-refractivity contribution in [3.8, 4) is 5.75 Å². The molecule has 116 valence electrons. The first-order chi connectivity index (χ1) is 10.3. The zero-order valence-corrected chi connectivity index (χ0v) is 12.9. The van der Waals surface area contributed by atoms with Gasteiger partial charge in [0.25, 0.3) is 0 Å². The molecule has 4 nitrogen and oxygen atoms in total. The van der Waals surface area contributed by atoms with Gasteiger partial charge in [-0.1, -0.05) is 25.1 Å². The van der Waals surface area contributed by atoms with Gasteiger partial charge in [-0.15, -0.1) is 0 Å². The van der Waals surface area contributed by atoms with Crippen LogP contribution in [0, 0.1) is 5.92 Å². The number of nitrogens with zero attached hydrogens (tertiary/aromatic N) is 1. The minimum atomic E-state index is 0.149. The molecule has 1 N–H and O–H groups in total. The standard InChI is InChI=1S/C17H26N2O2/c1-2-10-18-17(20)13-19-11-8-15(9-12-19)14-21-16-6-4-3-5-7-16/h3-7,15H,2,8-14H2,1H3,(H,18,20). The second-order valence-corrected chi connectivity index (χ2v) is 5.69. The molecule has 21 heavy (non-hydrogen) atoms. The number of ether oxygens (including phenoxy) is 1. The number of nitrogens with one attached hydrogen (secondary N) is 1. The molecule has 1 aliphatic heterocycles. The predicted octanol–water partition coefficient (Wildman–Crippen LogP) is 2.30. The number of piperidine rings is 1. The Kier molecular flexibility index (Phi) is 6.54. The Morgan fingerprint density at radius 1 is 1.29 bits per heavy atom. The summed E-state index contributed by atoms with van der Waals surface area (Å²) in [6, 6.07) is 9.97. The Morgan fingerprint density at radius 2 is 2.00 bits per heavy atom. The molecule has 0 atom stereocenters. The second-order valence-electron chi connectivity index (χ2n) is 5.69. The van der Waals surface area contributed by atoms with Crippen molar-refractivity contribution in [1.29, 1.82) is 0 Å². The summed E-state index contributed by atoms with van der Waals surface area (Å²) < 4.78 is 5.82. The molecule has 0 unspecified atom stereocenters. The van der Waals surface area contributed by atoms with E-state index in [4.69, 9.17) is 4.74 Å². The summed E-state index contributed by atoms with van der Waals surface area (Å²) in [7, 11) is 0. The minimum Gasteiger partial charge on any atom is -0.493 e. The molecular weight excluding hydrogens is 264 g/mol. The highest BCUT2D eigenvalue weighted by atomic mass is 16.5. The fraction of sp³-hybridized carbons (Fsp3) is 0.588. The molecule has 4 heteroatoms. The Labute approximate surface area is 127 Å². The molecule has 0 saturated carbocycles. The van der Waals surface area contributed by atoms with E-state index >= 15 is 0 Å². The van der Waals surface area contributed by atoms with Crippen LogP contribution in [0.5, 0.6) is 5.75 Å². The Balaban J connectivity index is 1.63. The zero-order valence-electron chi connectivity index (χ0n) is 12.9. The van der Waals surface area contributed by atoms with Gasteiger partial charge in [0.1, 0.15) is 5.75 Å². The van der Waals surface area contributed by atoms with Crippen molar-refractivity contribution in [2.45, 2.75) is 26.2 Å². The second kappa shape index (κ2) is 8.67. The number of carbonyl (C=O) groups is 1. The van der Waals surface area contributed by atoms with E-state index in [0.29, 0.717) is 12.5 Å². The summed E-state index contributed by atoms with van der Waals surface area (Å²) in [5, 5.41) is 2.93. The third-order valence-corrected chi connectivity index (χ3v) is 3.88.